The zero-order valence-corrected chi connectivity index (χ0v) is 15.3. The summed E-state index contributed by atoms with van der Waals surface area (Å²) in [5.74, 6) is 0.517. The van der Waals surface area contributed by atoms with Gasteiger partial charge in [0.05, 0.1) is 16.7 Å². The van der Waals surface area contributed by atoms with Crippen molar-refractivity contribution in [1.29, 1.82) is 5.26 Å². The molecule has 1 aromatic carbocycles. The number of hydrogen-bond acceptors (Lipinski definition) is 4. The Morgan fingerprint density at radius 3 is 2.57 bits per heavy atom. The van der Waals surface area contributed by atoms with Crippen LogP contribution in [0.15, 0.2) is 23.1 Å². The highest BCUT2D eigenvalue weighted by molar-refractivity contribution is 7.89. The maximum absolute atomic E-state index is 12.7. The van der Waals surface area contributed by atoms with Gasteiger partial charge in [-0.3, -0.25) is 0 Å². The normalized spacial score (nSPS) is 16.6. The first-order chi connectivity index (χ1) is 10.5. The molecule has 1 N–H and O–H groups in total. The molecule has 1 aliphatic heterocycles. The summed E-state index contributed by atoms with van der Waals surface area (Å²) in [6.45, 7) is 4.94. The van der Waals surface area contributed by atoms with Crippen molar-refractivity contribution in [2.45, 2.75) is 24.7 Å². The summed E-state index contributed by atoms with van der Waals surface area (Å²) in [5, 5.41) is 12.2. The Bertz CT molecular complexity index is 666. The van der Waals surface area contributed by atoms with E-state index in [2.05, 4.69) is 12.2 Å². The average molecular weight is 378 g/mol. The Morgan fingerprint density at radius 1 is 1.39 bits per heavy atom. The first kappa shape index (κ1) is 20.2. The van der Waals surface area contributed by atoms with Gasteiger partial charge in [0.2, 0.25) is 10.0 Å². The van der Waals surface area contributed by atoms with E-state index in [1.807, 2.05) is 6.07 Å². The number of piperidine rings is 1. The molecule has 1 heterocycles. The van der Waals surface area contributed by atoms with Crippen LogP contribution in [0.25, 0.3) is 0 Å². The Labute approximate surface area is 149 Å². The van der Waals surface area contributed by atoms with Crippen LogP contribution in [0.1, 0.15) is 25.3 Å². The summed E-state index contributed by atoms with van der Waals surface area (Å²) in [4.78, 5) is 0.0818. The first-order valence-corrected chi connectivity index (χ1v) is 9.21. The third-order valence-corrected chi connectivity index (χ3v) is 6.32. The van der Waals surface area contributed by atoms with Crippen molar-refractivity contribution in [2.24, 2.45) is 5.92 Å². The molecule has 5 nitrogen and oxygen atoms in total. The number of sulfonamides is 1. The molecular formula is C15H21Cl2N3O2S. The maximum Gasteiger partial charge on any atom is 0.244 e. The third-order valence-electron chi connectivity index (χ3n) is 3.94. The number of halogens is 2. The molecule has 1 fully saturated rings. The van der Waals surface area contributed by atoms with Crippen LogP contribution in [0.2, 0.25) is 5.02 Å². The van der Waals surface area contributed by atoms with Crippen molar-refractivity contribution >= 4 is 34.0 Å². The zero-order valence-electron chi connectivity index (χ0n) is 13.0. The molecule has 8 heteroatoms. The minimum absolute atomic E-state index is 0. The fraction of sp³-hybridized carbons (Fsp3) is 0.533. The van der Waals surface area contributed by atoms with Crippen LogP contribution in [0.3, 0.4) is 0 Å². The number of nitrogens with one attached hydrogen (secondary N) is 1. The van der Waals surface area contributed by atoms with Crippen LogP contribution >= 0.6 is 24.0 Å². The Morgan fingerprint density at radius 2 is 2.04 bits per heavy atom. The van der Waals surface area contributed by atoms with Gasteiger partial charge in [0.1, 0.15) is 4.90 Å². The Hall–Kier alpha value is -0.840. The summed E-state index contributed by atoms with van der Waals surface area (Å²) in [5.41, 5.74) is 0.355. The zero-order chi connectivity index (χ0) is 16.2. The molecule has 0 amide bonds. The highest BCUT2D eigenvalue weighted by Crippen LogP contribution is 2.28. The lowest BCUT2D eigenvalue weighted by Gasteiger charge is -2.31. The molecule has 1 aromatic rings. The standard InChI is InChI=1S/C15H20ClN3O2S.ClH/c1-2-18-11-12-5-7-19(8-6-12)22(20,21)15-4-3-13(10-17)9-14(15)16;/h3-4,9,12,18H,2,5-8,11H2,1H3;1H. The fourth-order valence-electron chi connectivity index (χ4n) is 2.62. The van der Waals surface area contributed by atoms with Crippen LogP contribution in [-0.4, -0.2) is 38.9 Å². The lowest BCUT2D eigenvalue weighted by Crippen LogP contribution is -2.40. The molecule has 2 rings (SSSR count). The largest absolute Gasteiger partial charge is 0.317 e. The van der Waals surface area contributed by atoms with Gasteiger partial charge in [0.25, 0.3) is 0 Å². The average Bonchev–Trinajstić information content (AvgIpc) is 2.52. The lowest BCUT2D eigenvalue weighted by molar-refractivity contribution is 0.268. The molecule has 0 spiro atoms. The van der Waals surface area contributed by atoms with Crippen LogP contribution in [0, 0.1) is 17.2 Å². The second-order valence-electron chi connectivity index (χ2n) is 5.41. The molecule has 0 bridgehead atoms. The first-order valence-electron chi connectivity index (χ1n) is 7.39. The minimum atomic E-state index is -3.59. The maximum atomic E-state index is 12.7. The van der Waals surface area contributed by atoms with Gasteiger partial charge in [0.15, 0.2) is 0 Å². The number of benzene rings is 1. The van der Waals surface area contributed by atoms with E-state index in [9.17, 15) is 8.42 Å². The van der Waals surface area contributed by atoms with E-state index < -0.39 is 10.0 Å². The minimum Gasteiger partial charge on any atom is -0.317 e. The monoisotopic (exact) mass is 377 g/mol. The summed E-state index contributed by atoms with van der Waals surface area (Å²) in [6.07, 6.45) is 1.69. The predicted molar refractivity (Wildman–Crippen MR) is 93.4 cm³/mol. The van der Waals surface area contributed by atoms with Crippen LogP contribution in [0.5, 0.6) is 0 Å². The SMILES string of the molecule is CCNCC1CCN(S(=O)(=O)c2ccc(C#N)cc2Cl)CC1.Cl. The van der Waals surface area contributed by atoms with E-state index in [1.54, 1.807) is 0 Å². The Balaban J connectivity index is 0.00000264. The van der Waals surface area contributed by atoms with E-state index in [0.29, 0.717) is 24.6 Å². The third kappa shape index (κ3) is 4.82. The van der Waals surface area contributed by atoms with Gasteiger partial charge in [-0.15, -0.1) is 12.4 Å². The molecule has 0 atom stereocenters. The molecule has 0 saturated carbocycles. The molecule has 23 heavy (non-hydrogen) atoms. The van der Waals surface area contributed by atoms with Crippen molar-refractivity contribution in [2.75, 3.05) is 26.2 Å². The summed E-state index contributed by atoms with van der Waals surface area (Å²) in [7, 11) is -3.59. The van der Waals surface area contributed by atoms with Crippen molar-refractivity contribution in [1.82, 2.24) is 9.62 Å². The number of rotatable bonds is 5. The molecule has 1 saturated heterocycles. The van der Waals surface area contributed by atoms with Crippen molar-refractivity contribution in [3.8, 4) is 6.07 Å². The summed E-state index contributed by atoms with van der Waals surface area (Å²) < 4.78 is 26.8. The van der Waals surface area contributed by atoms with Gasteiger partial charge in [0, 0.05) is 13.1 Å². The molecular weight excluding hydrogens is 357 g/mol. The van der Waals surface area contributed by atoms with Gasteiger partial charge >= 0.3 is 0 Å². The van der Waals surface area contributed by atoms with Crippen molar-refractivity contribution in [3.05, 3.63) is 28.8 Å². The van der Waals surface area contributed by atoms with Crippen molar-refractivity contribution in [3.63, 3.8) is 0 Å². The second-order valence-corrected chi connectivity index (χ2v) is 7.73. The molecule has 0 aromatic heterocycles. The van der Waals surface area contributed by atoms with Crippen LogP contribution in [0.4, 0.5) is 0 Å². The molecule has 0 aliphatic carbocycles. The van der Waals surface area contributed by atoms with Gasteiger partial charge < -0.3 is 5.32 Å². The summed E-state index contributed by atoms with van der Waals surface area (Å²) in [6, 6.07) is 6.25. The molecule has 128 valence electrons. The topological polar surface area (TPSA) is 73.2 Å². The number of nitrogens with zero attached hydrogens (tertiary/aromatic N) is 2. The van der Waals surface area contributed by atoms with Crippen molar-refractivity contribution < 1.29 is 8.42 Å². The molecule has 0 unspecified atom stereocenters. The highest BCUT2D eigenvalue weighted by Gasteiger charge is 2.30. The van der Waals surface area contributed by atoms with E-state index in [0.717, 1.165) is 25.9 Å². The second kappa shape index (κ2) is 8.86. The van der Waals surface area contributed by atoms with E-state index in [1.165, 1.54) is 22.5 Å². The van der Waals surface area contributed by atoms with Gasteiger partial charge in [-0.1, -0.05) is 18.5 Å². The quantitative estimate of drug-likeness (QED) is 0.855. The van der Waals surface area contributed by atoms with Gasteiger partial charge in [-0.05, 0) is 50.0 Å². The van der Waals surface area contributed by atoms with Crippen LogP contribution in [-0.2, 0) is 10.0 Å². The smallest absolute Gasteiger partial charge is 0.244 e. The molecule has 1 aliphatic rings. The van der Waals surface area contributed by atoms with E-state index >= 15 is 0 Å². The van der Waals surface area contributed by atoms with Gasteiger partial charge in [-0.25, -0.2) is 8.42 Å². The number of nitriles is 1. The lowest BCUT2D eigenvalue weighted by atomic mass is 9.98. The van der Waals surface area contributed by atoms with Gasteiger partial charge in [-0.2, -0.15) is 9.57 Å². The Kier molecular flexibility index (Phi) is 7.78. The summed E-state index contributed by atoms with van der Waals surface area (Å²) >= 11 is 6.04. The predicted octanol–water partition coefficient (Wildman–Crippen LogP) is 2.64. The molecule has 0 radical (unpaired) electrons. The number of hydrogen-bond donors (Lipinski definition) is 1. The van der Waals surface area contributed by atoms with E-state index in [4.69, 9.17) is 16.9 Å². The fourth-order valence-corrected chi connectivity index (χ4v) is 4.61. The van der Waals surface area contributed by atoms with E-state index in [-0.39, 0.29) is 22.3 Å². The van der Waals surface area contributed by atoms with Crippen LogP contribution < -0.4 is 5.32 Å². The highest BCUT2D eigenvalue weighted by atomic mass is 35.5.